The van der Waals surface area contributed by atoms with E-state index in [4.69, 9.17) is 16.6 Å². The Morgan fingerprint density at radius 2 is 1.84 bits per heavy atom. The third-order valence-corrected chi connectivity index (χ3v) is 3.02. The molecule has 0 fully saturated rings. The average Bonchev–Trinajstić information content (AvgIpc) is 2.39. The molecule has 104 valence electrons. The van der Waals surface area contributed by atoms with E-state index >= 15 is 0 Å². The van der Waals surface area contributed by atoms with Crippen LogP contribution in [-0.4, -0.2) is 29.4 Å². The molecule has 5 N–H and O–H groups in total. The van der Waals surface area contributed by atoms with Crippen LogP contribution in [0.4, 0.5) is 0 Å². The largest absolute Gasteiger partial charge is 0.481 e. The van der Waals surface area contributed by atoms with Crippen molar-refractivity contribution in [1.82, 2.24) is 0 Å². The van der Waals surface area contributed by atoms with Crippen LogP contribution in [0.2, 0.25) is 0 Å². The number of hydrogen-bond acceptors (Lipinski definition) is 4. The number of carbonyl (C=O) groups excluding carboxylic acids is 1. The number of carbonyl (C=O) groups is 2. The van der Waals surface area contributed by atoms with E-state index in [1.165, 1.54) is 0 Å². The summed E-state index contributed by atoms with van der Waals surface area (Å²) in [5, 5.41) is 8.98. The molecule has 0 aliphatic carbocycles. The van der Waals surface area contributed by atoms with E-state index in [2.05, 4.69) is 0 Å². The molecule has 5 heteroatoms. The lowest BCUT2D eigenvalue weighted by atomic mass is 9.93. The topological polar surface area (TPSA) is 106 Å². The van der Waals surface area contributed by atoms with E-state index in [0.717, 1.165) is 5.56 Å². The fraction of sp³-hybridized carbons (Fsp3) is 0.429. The van der Waals surface area contributed by atoms with E-state index < -0.39 is 17.9 Å². The highest BCUT2D eigenvalue weighted by Gasteiger charge is 2.23. The molecule has 0 aliphatic heterocycles. The quantitative estimate of drug-likeness (QED) is 0.636. The van der Waals surface area contributed by atoms with Crippen LogP contribution in [0.1, 0.15) is 18.4 Å². The number of Topliss-reactive ketones (excluding diaryl/α,β-unsaturated/α-hetero) is 1. The number of ketones is 1. The zero-order valence-corrected chi connectivity index (χ0v) is 10.8. The molecule has 0 aliphatic rings. The van der Waals surface area contributed by atoms with Gasteiger partial charge in [0.25, 0.3) is 0 Å². The normalized spacial score (nSPS) is 13.8. The number of hydrogen-bond donors (Lipinski definition) is 3. The van der Waals surface area contributed by atoms with E-state index in [1.807, 2.05) is 30.3 Å². The standard InChI is InChI=1S/C14H20N2O3/c15-7-6-11(14(18)19)9-13(17)12(16)8-10-4-2-1-3-5-10/h1-5,11-12H,6-9,15-16H2,(H,18,19). The Labute approximate surface area is 112 Å². The van der Waals surface area contributed by atoms with Crippen molar-refractivity contribution in [1.29, 1.82) is 0 Å². The number of carboxylic acids is 1. The molecule has 0 saturated carbocycles. The summed E-state index contributed by atoms with van der Waals surface area (Å²) < 4.78 is 0. The van der Waals surface area contributed by atoms with Crippen molar-refractivity contribution in [3.8, 4) is 0 Å². The highest BCUT2D eigenvalue weighted by molar-refractivity contribution is 5.87. The summed E-state index contributed by atoms with van der Waals surface area (Å²) in [5.74, 6) is -1.96. The molecule has 2 unspecified atom stereocenters. The minimum atomic E-state index is -0.995. The lowest BCUT2D eigenvalue weighted by Crippen LogP contribution is -2.35. The van der Waals surface area contributed by atoms with E-state index in [9.17, 15) is 9.59 Å². The highest BCUT2D eigenvalue weighted by Crippen LogP contribution is 2.12. The third kappa shape index (κ3) is 5.19. The molecule has 2 atom stereocenters. The molecule has 1 aromatic carbocycles. The first-order chi connectivity index (χ1) is 9.04. The molecule has 5 nitrogen and oxygen atoms in total. The number of aliphatic carboxylic acids is 1. The molecule has 0 radical (unpaired) electrons. The lowest BCUT2D eigenvalue weighted by molar-refractivity contribution is -0.144. The van der Waals surface area contributed by atoms with Gasteiger partial charge in [-0.05, 0) is 24.9 Å². The molecule has 19 heavy (non-hydrogen) atoms. The summed E-state index contributed by atoms with van der Waals surface area (Å²) in [6.07, 6.45) is 0.661. The molecule has 0 bridgehead atoms. The minimum absolute atomic E-state index is 0.0550. The first-order valence-electron chi connectivity index (χ1n) is 6.29. The lowest BCUT2D eigenvalue weighted by Gasteiger charge is -2.14. The van der Waals surface area contributed by atoms with Crippen molar-refractivity contribution in [2.24, 2.45) is 17.4 Å². The molecular formula is C14H20N2O3. The van der Waals surface area contributed by atoms with Crippen molar-refractivity contribution in [3.05, 3.63) is 35.9 Å². The third-order valence-electron chi connectivity index (χ3n) is 3.02. The maximum atomic E-state index is 11.9. The Morgan fingerprint density at radius 3 is 2.37 bits per heavy atom. The molecular weight excluding hydrogens is 244 g/mol. The Bertz CT molecular complexity index is 420. The van der Waals surface area contributed by atoms with Gasteiger partial charge in [0.05, 0.1) is 12.0 Å². The molecule has 1 rings (SSSR count). The predicted molar refractivity (Wildman–Crippen MR) is 72.5 cm³/mol. The van der Waals surface area contributed by atoms with Crippen LogP contribution in [0.3, 0.4) is 0 Å². The first-order valence-corrected chi connectivity index (χ1v) is 6.29. The Hall–Kier alpha value is -1.72. The van der Waals surface area contributed by atoms with Crippen LogP contribution in [0, 0.1) is 5.92 Å². The maximum Gasteiger partial charge on any atom is 0.306 e. The van der Waals surface area contributed by atoms with Crippen molar-refractivity contribution < 1.29 is 14.7 Å². The Kier molecular flexibility index (Phi) is 6.18. The summed E-state index contributed by atoms with van der Waals surface area (Å²) in [5.41, 5.74) is 12.1. The highest BCUT2D eigenvalue weighted by atomic mass is 16.4. The summed E-state index contributed by atoms with van der Waals surface area (Å²) >= 11 is 0. The van der Waals surface area contributed by atoms with Gasteiger partial charge in [0, 0.05) is 6.42 Å². The SMILES string of the molecule is NCCC(CC(=O)C(N)Cc1ccccc1)C(=O)O. The van der Waals surface area contributed by atoms with Gasteiger partial charge in [-0.15, -0.1) is 0 Å². The van der Waals surface area contributed by atoms with Crippen LogP contribution in [0.15, 0.2) is 30.3 Å². The molecule has 0 spiro atoms. The van der Waals surface area contributed by atoms with Crippen LogP contribution in [0.5, 0.6) is 0 Å². The summed E-state index contributed by atoms with van der Waals surface area (Å²) in [6, 6.07) is 8.76. The van der Waals surface area contributed by atoms with Crippen LogP contribution < -0.4 is 11.5 Å². The minimum Gasteiger partial charge on any atom is -0.481 e. The van der Waals surface area contributed by atoms with E-state index in [-0.39, 0.29) is 18.7 Å². The average molecular weight is 264 g/mol. The second-order valence-electron chi connectivity index (χ2n) is 4.58. The van der Waals surface area contributed by atoms with Crippen LogP contribution in [0.25, 0.3) is 0 Å². The van der Waals surface area contributed by atoms with Gasteiger partial charge in [0.15, 0.2) is 5.78 Å². The monoisotopic (exact) mass is 264 g/mol. The van der Waals surface area contributed by atoms with Gasteiger partial charge in [-0.3, -0.25) is 9.59 Å². The molecule has 0 saturated heterocycles. The number of rotatable bonds is 8. The van der Waals surface area contributed by atoms with Gasteiger partial charge in [-0.2, -0.15) is 0 Å². The van der Waals surface area contributed by atoms with Crippen LogP contribution in [-0.2, 0) is 16.0 Å². The summed E-state index contributed by atoms with van der Waals surface area (Å²) in [4.78, 5) is 22.9. The van der Waals surface area contributed by atoms with Crippen molar-refractivity contribution >= 4 is 11.8 Å². The first kappa shape index (κ1) is 15.3. The van der Waals surface area contributed by atoms with Gasteiger partial charge in [0.2, 0.25) is 0 Å². The molecule has 0 aromatic heterocycles. The zero-order valence-electron chi connectivity index (χ0n) is 10.8. The van der Waals surface area contributed by atoms with Gasteiger partial charge in [-0.25, -0.2) is 0 Å². The zero-order chi connectivity index (χ0) is 14.3. The Morgan fingerprint density at radius 1 is 1.21 bits per heavy atom. The van der Waals surface area contributed by atoms with Gasteiger partial charge >= 0.3 is 5.97 Å². The number of carboxylic acid groups (broad SMARTS) is 1. The number of nitrogens with two attached hydrogens (primary N) is 2. The van der Waals surface area contributed by atoms with Crippen molar-refractivity contribution in [2.75, 3.05) is 6.54 Å². The summed E-state index contributed by atoms with van der Waals surface area (Å²) in [7, 11) is 0. The molecule has 0 heterocycles. The summed E-state index contributed by atoms with van der Waals surface area (Å²) in [6.45, 7) is 0.248. The second-order valence-corrected chi connectivity index (χ2v) is 4.58. The molecule has 0 amide bonds. The second kappa shape index (κ2) is 7.66. The van der Waals surface area contributed by atoms with E-state index in [1.54, 1.807) is 0 Å². The van der Waals surface area contributed by atoms with Crippen molar-refractivity contribution in [3.63, 3.8) is 0 Å². The van der Waals surface area contributed by atoms with Gasteiger partial charge in [-0.1, -0.05) is 30.3 Å². The molecule has 1 aromatic rings. The predicted octanol–water partition coefficient (Wildman–Crippen LogP) is 0.565. The maximum absolute atomic E-state index is 11.9. The van der Waals surface area contributed by atoms with Crippen molar-refractivity contribution in [2.45, 2.75) is 25.3 Å². The fourth-order valence-corrected chi connectivity index (χ4v) is 1.89. The Balaban J connectivity index is 2.54. The fourth-order valence-electron chi connectivity index (χ4n) is 1.89. The van der Waals surface area contributed by atoms with Gasteiger partial charge < -0.3 is 16.6 Å². The van der Waals surface area contributed by atoms with Gasteiger partial charge in [0.1, 0.15) is 0 Å². The smallest absolute Gasteiger partial charge is 0.306 e. The van der Waals surface area contributed by atoms with E-state index in [0.29, 0.717) is 12.8 Å². The van der Waals surface area contributed by atoms with Crippen LogP contribution >= 0.6 is 0 Å². The number of benzene rings is 1.